The highest BCUT2D eigenvalue weighted by molar-refractivity contribution is 5.47. The largest absolute Gasteiger partial charge is 0.454 e. The van der Waals surface area contributed by atoms with Crippen molar-refractivity contribution >= 4 is 0 Å². The molecular weight excluding hydrogens is 240 g/mol. The Balaban J connectivity index is 1.66. The standard InChI is InChI=1S/C16H20O3/c17-10-15-3-6-16(7-4-15,8-5-15)12-1-2-13-14(9-12)19-11-18-13/h1-2,9,17H,3-8,10-11H2. The third-order valence-electron chi connectivity index (χ3n) is 5.72. The van der Waals surface area contributed by atoms with Crippen LogP contribution < -0.4 is 9.47 Å². The second-order valence-corrected chi connectivity index (χ2v) is 6.51. The van der Waals surface area contributed by atoms with E-state index < -0.39 is 0 Å². The maximum atomic E-state index is 9.61. The van der Waals surface area contributed by atoms with Gasteiger partial charge in [-0.2, -0.15) is 0 Å². The van der Waals surface area contributed by atoms with E-state index in [4.69, 9.17) is 9.47 Å². The molecule has 4 aliphatic rings. The normalized spacial score (nSPS) is 35.6. The molecule has 3 fully saturated rings. The SMILES string of the molecule is OCC12CCC(c3ccc4c(c3)OCO4)(CC1)CC2. The quantitative estimate of drug-likeness (QED) is 0.888. The second kappa shape index (κ2) is 3.89. The van der Waals surface area contributed by atoms with E-state index in [2.05, 4.69) is 18.2 Å². The van der Waals surface area contributed by atoms with Crippen LogP contribution in [0, 0.1) is 5.41 Å². The molecule has 1 aliphatic heterocycles. The van der Waals surface area contributed by atoms with Crippen molar-refractivity contribution in [3.63, 3.8) is 0 Å². The second-order valence-electron chi connectivity index (χ2n) is 6.51. The number of hydrogen-bond acceptors (Lipinski definition) is 3. The van der Waals surface area contributed by atoms with Gasteiger partial charge >= 0.3 is 0 Å². The van der Waals surface area contributed by atoms with E-state index in [0.29, 0.717) is 18.8 Å². The highest BCUT2D eigenvalue weighted by atomic mass is 16.7. The third-order valence-corrected chi connectivity index (χ3v) is 5.72. The highest BCUT2D eigenvalue weighted by Gasteiger charge is 2.49. The molecule has 0 aromatic heterocycles. The van der Waals surface area contributed by atoms with Crippen LogP contribution in [0.1, 0.15) is 44.1 Å². The lowest BCUT2D eigenvalue weighted by Gasteiger charge is -2.53. The van der Waals surface area contributed by atoms with Gasteiger partial charge in [0, 0.05) is 6.61 Å². The molecule has 19 heavy (non-hydrogen) atoms. The minimum atomic E-state index is 0.234. The molecule has 0 amide bonds. The van der Waals surface area contributed by atoms with Gasteiger partial charge in [-0.3, -0.25) is 0 Å². The molecule has 1 aromatic carbocycles. The molecule has 3 saturated carbocycles. The summed E-state index contributed by atoms with van der Waals surface area (Å²) in [6.45, 7) is 0.712. The van der Waals surface area contributed by atoms with Crippen molar-refractivity contribution in [1.82, 2.24) is 0 Å². The van der Waals surface area contributed by atoms with Crippen molar-refractivity contribution in [2.24, 2.45) is 5.41 Å². The van der Waals surface area contributed by atoms with Crippen LogP contribution in [-0.4, -0.2) is 18.5 Å². The number of hydrogen-bond donors (Lipinski definition) is 1. The average Bonchev–Trinajstić information content (AvgIpc) is 2.96. The zero-order valence-corrected chi connectivity index (χ0v) is 11.2. The first-order valence-corrected chi connectivity index (χ1v) is 7.26. The molecule has 0 atom stereocenters. The van der Waals surface area contributed by atoms with E-state index in [-0.39, 0.29) is 5.41 Å². The Kier molecular flexibility index (Phi) is 2.37. The van der Waals surface area contributed by atoms with Crippen LogP contribution in [0.25, 0.3) is 0 Å². The first kappa shape index (κ1) is 11.6. The zero-order chi connectivity index (χ0) is 12.9. The Morgan fingerprint density at radius 2 is 1.63 bits per heavy atom. The number of aliphatic hydroxyl groups excluding tert-OH is 1. The average molecular weight is 260 g/mol. The molecule has 0 saturated heterocycles. The molecular formula is C16H20O3. The summed E-state index contributed by atoms with van der Waals surface area (Å²) in [5.41, 5.74) is 1.96. The van der Waals surface area contributed by atoms with Gasteiger partial charge in [0.2, 0.25) is 6.79 Å². The van der Waals surface area contributed by atoms with Gasteiger partial charge in [-0.25, -0.2) is 0 Å². The molecule has 1 N–H and O–H groups in total. The van der Waals surface area contributed by atoms with Crippen LogP contribution in [0.15, 0.2) is 18.2 Å². The zero-order valence-electron chi connectivity index (χ0n) is 11.2. The number of aliphatic hydroxyl groups is 1. The van der Waals surface area contributed by atoms with Gasteiger partial charge < -0.3 is 14.6 Å². The van der Waals surface area contributed by atoms with E-state index in [9.17, 15) is 5.11 Å². The van der Waals surface area contributed by atoms with Gasteiger partial charge in [-0.15, -0.1) is 0 Å². The van der Waals surface area contributed by atoms with Crippen LogP contribution >= 0.6 is 0 Å². The molecule has 3 heteroatoms. The van der Waals surface area contributed by atoms with E-state index in [1.165, 1.54) is 24.8 Å². The topological polar surface area (TPSA) is 38.7 Å². The smallest absolute Gasteiger partial charge is 0.231 e. The van der Waals surface area contributed by atoms with E-state index in [1.54, 1.807) is 0 Å². The lowest BCUT2D eigenvalue weighted by molar-refractivity contribution is -0.00692. The number of fused-ring (bicyclic) bond motifs is 4. The molecule has 3 nitrogen and oxygen atoms in total. The predicted octanol–water partition coefficient (Wildman–Crippen LogP) is 3.00. The monoisotopic (exact) mass is 260 g/mol. The maximum Gasteiger partial charge on any atom is 0.231 e. The molecule has 1 aromatic rings. The van der Waals surface area contributed by atoms with Crippen molar-refractivity contribution < 1.29 is 14.6 Å². The van der Waals surface area contributed by atoms with Crippen LogP contribution in [0.4, 0.5) is 0 Å². The van der Waals surface area contributed by atoms with Crippen molar-refractivity contribution in [2.75, 3.05) is 13.4 Å². The lowest BCUT2D eigenvalue weighted by atomic mass is 9.52. The Labute approximate surface area is 113 Å². The highest BCUT2D eigenvalue weighted by Crippen LogP contribution is 2.58. The Morgan fingerprint density at radius 1 is 0.947 bits per heavy atom. The van der Waals surface area contributed by atoms with Crippen LogP contribution in [0.5, 0.6) is 11.5 Å². The number of benzene rings is 1. The summed E-state index contributed by atoms with van der Waals surface area (Å²) < 4.78 is 10.9. The maximum absolute atomic E-state index is 9.61. The van der Waals surface area contributed by atoms with Gasteiger partial charge in [-0.1, -0.05) is 6.07 Å². The molecule has 0 radical (unpaired) electrons. The van der Waals surface area contributed by atoms with E-state index in [1.807, 2.05) is 0 Å². The summed E-state index contributed by atoms with van der Waals surface area (Å²) in [5.74, 6) is 1.77. The molecule has 2 bridgehead atoms. The van der Waals surface area contributed by atoms with Crippen LogP contribution in [0.3, 0.4) is 0 Å². The molecule has 1 heterocycles. The van der Waals surface area contributed by atoms with Crippen molar-refractivity contribution in [3.8, 4) is 11.5 Å². The Bertz CT molecular complexity index is 484. The fraction of sp³-hybridized carbons (Fsp3) is 0.625. The first-order chi connectivity index (χ1) is 9.25. The van der Waals surface area contributed by atoms with Gasteiger partial charge in [-0.05, 0) is 67.1 Å². The van der Waals surface area contributed by atoms with Crippen molar-refractivity contribution in [3.05, 3.63) is 23.8 Å². The molecule has 5 rings (SSSR count). The Morgan fingerprint density at radius 3 is 2.32 bits per heavy atom. The molecule has 0 unspecified atom stereocenters. The van der Waals surface area contributed by atoms with Gasteiger partial charge in [0.1, 0.15) is 0 Å². The number of rotatable bonds is 2. The fourth-order valence-corrected chi connectivity index (χ4v) is 4.16. The molecule has 3 aliphatic carbocycles. The van der Waals surface area contributed by atoms with Gasteiger partial charge in [0.15, 0.2) is 11.5 Å². The molecule has 102 valence electrons. The summed E-state index contributed by atoms with van der Waals surface area (Å²) in [7, 11) is 0. The van der Waals surface area contributed by atoms with E-state index in [0.717, 1.165) is 30.8 Å². The van der Waals surface area contributed by atoms with Gasteiger partial charge in [0.25, 0.3) is 0 Å². The lowest BCUT2D eigenvalue weighted by Crippen LogP contribution is -2.45. The summed E-state index contributed by atoms with van der Waals surface area (Å²) in [4.78, 5) is 0. The minimum Gasteiger partial charge on any atom is -0.454 e. The van der Waals surface area contributed by atoms with Crippen LogP contribution in [0.2, 0.25) is 0 Å². The summed E-state index contributed by atoms with van der Waals surface area (Å²) in [6.07, 6.45) is 7.10. The fourth-order valence-electron chi connectivity index (χ4n) is 4.16. The van der Waals surface area contributed by atoms with Crippen LogP contribution in [-0.2, 0) is 5.41 Å². The summed E-state index contributed by atoms with van der Waals surface area (Å²) in [5, 5.41) is 9.61. The summed E-state index contributed by atoms with van der Waals surface area (Å²) in [6, 6.07) is 6.44. The Hall–Kier alpha value is -1.22. The van der Waals surface area contributed by atoms with E-state index >= 15 is 0 Å². The van der Waals surface area contributed by atoms with Gasteiger partial charge in [0.05, 0.1) is 0 Å². The van der Waals surface area contributed by atoms with Crippen molar-refractivity contribution in [2.45, 2.75) is 43.9 Å². The summed E-state index contributed by atoms with van der Waals surface area (Å²) >= 11 is 0. The number of ether oxygens (including phenoxy) is 2. The predicted molar refractivity (Wildman–Crippen MR) is 71.5 cm³/mol. The first-order valence-electron chi connectivity index (χ1n) is 7.26. The molecule has 0 spiro atoms. The van der Waals surface area contributed by atoms with Crippen molar-refractivity contribution in [1.29, 1.82) is 0 Å². The minimum absolute atomic E-state index is 0.234. The third kappa shape index (κ3) is 1.61.